The number of carboxylic acid groups (broad SMARTS) is 1. The van der Waals surface area contributed by atoms with Gasteiger partial charge in [-0.15, -0.1) is 0 Å². The summed E-state index contributed by atoms with van der Waals surface area (Å²) in [4.78, 5) is 10.5. The number of hydrogen-bond donors (Lipinski definition) is 3. The lowest BCUT2D eigenvalue weighted by Gasteiger charge is -2.05. The van der Waals surface area contributed by atoms with Gasteiger partial charge in [-0.25, -0.2) is 31.9 Å². The summed E-state index contributed by atoms with van der Waals surface area (Å²) in [7, 11) is -4.89. The van der Waals surface area contributed by atoms with Crippen LogP contribution < -0.4 is 19.8 Å². The summed E-state index contributed by atoms with van der Waals surface area (Å²) in [5.41, 5.74) is -0.246. The topological polar surface area (TPSA) is 176 Å². The van der Waals surface area contributed by atoms with Crippen molar-refractivity contribution in [2.45, 2.75) is 9.79 Å². The van der Waals surface area contributed by atoms with E-state index in [2.05, 4.69) is 0 Å². The minimum Gasteiger partial charge on any atom is -0.496 e. The Balaban J connectivity index is 0.000000277. The maximum atomic E-state index is 11.0. The number of methoxy groups -OCH3 is 2. The zero-order valence-electron chi connectivity index (χ0n) is 14.3. The molecule has 0 aliphatic rings. The van der Waals surface area contributed by atoms with Crippen molar-refractivity contribution >= 4 is 26.0 Å². The molecule has 148 valence electrons. The second kappa shape index (κ2) is 8.81. The molecule has 10 nitrogen and oxygen atoms in total. The van der Waals surface area contributed by atoms with Crippen LogP contribution in [-0.2, 0) is 20.0 Å². The summed E-state index contributed by atoms with van der Waals surface area (Å²) in [5.74, 6) is -0.938. The lowest BCUT2D eigenvalue weighted by Crippen LogP contribution is -2.13. The van der Waals surface area contributed by atoms with Crippen LogP contribution >= 0.6 is 0 Å². The third kappa shape index (κ3) is 6.21. The van der Waals surface area contributed by atoms with Crippen LogP contribution in [-0.4, -0.2) is 42.1 Å². The smallest absolute Gasteiger partial charge is 0.339 e. The maximum Gasteiger partial charge on any atom is 0.339 e. The van der Waals surface area contributed by atoms with Crippen LogP contribution in [0.25, 0.3) is 0 Å². The Labute approximate surface area is 156 Å². The minimum atomic E-state index is -3.90. The number of sulfonamides is 2. The van der Waals surface area contributed by atoms with Gasteiger partial charge < -0.3 is 14.6 Å². The van der Waals surface area contributed by atoms with E-state index in [1.807, 2.05) is 0 Å². The molecule has 12 heteroatoms. The van der Waals surface area contributed by atoms with Crippen LogP contribution in [0.5, 0.6) is 11.5 Å². The summed E-state index contributed by atoms with van der Waals surface area (Å²) >= 11 is 0. The number of nitrogens with two attached hydrogens (primary N) is 2. The number of rotatable bonds is 5. The Morgan fingerprint density at radius 1 is 0.889 bits per heavy atom. The highest BCUT2D eigenvalue weighted by Gasteiger charge is 2.16. The SMILES string of the molecule is COc1ccc(S(N)(=O)=O)cc1C(=O)O.COc1ccccc1S(N)(=O)=O. The van der Waals surface area contributed by atoms with E-state index >= 15 is 0 Å². The largest absolute Gasteiger partial charge is 0.496 e. The molecule has 0 aromatic heterocycles. The van der Waals surface area contributed by atoms with Gasteiger partial charge in [0.1, 0.15) is 22.0 Å². The Hall–Kier alpha value is -2.67. The Morgan fingerprint density at radius 2 is 1.44 bits per heavy atom. The fraction of sp³-hybridized carbons (Fsp3) is 0.133. The zero-order chi connectivity index (χ0) is 20.8. The fourth-order valence-corrected chi connectivity index (χ4v) is 3.12. The Morgan fingerprint density at radius 3 is 1.85 bits per heavy atom. The van der Waals surface area contributed by atoms with Gasteiger partial charge >= 0.3 is 5.97 Å². The van der Waals surface area contributed by atoms with E-state index in [0.29, 0.717) is 0 Å². The molecule has 2 aromatic rings. The Bertz CT molecular complexity index is 1030. The highest BCUT2D eigenvalue weighted by molar-refractivity contribution is 7.89. The van der Waals surface area contributed by atoms with E-state index in [-0.39, 0.29) is 26.9 Å². The first-order valence-electron chi connectivity index (χ1n) is 7.01. The molecule has 0 saturated carbocycles. The molecule has 0 atom stereocenters. The number of carboxylic acids is 1. The second-order valence-electron chi connectivity index (χ2n) is 4.91. The van der Waals surface area contributed by atoms with Crippen LogP contribution in [0, 0.1) is 0 Å². The van der Waals surface area contributed by atoms with E-state index in [1.54, 1.807) is 18.2 Å². The first-order valence-corrected chi connectivity index (χ1v) is 10.1. The van der Waals surface area contributed by atoms with Crippen molar-refractivity contribution in [1.29, 1.82) is 0 Å². The third-order valence-corrected chi connectivity index (χ3v) is 4.97. The van der Waals surface area contributed by atoms with E-state index in [4.69, 9.17) is 24.9 Å². The number of aromatic carboxylic acids is 1. The number of hydrogen-bond acceptors (Lipinski definition) is 7. The number of benzene rings is 2. The minimum absolute atomic E-state index is 0.00694. The van der Waals surface area contributed by atoms with Crippen molar-refractivity contribution in [2.75, 3.05) is 14.2 Å². The standard InChI is InChI=1S/C8H9NO5S.C7H9NO3S/c1-14-7-3-2-5(15(9,12)13)4-6(7)8(10)11;1-11-6-4-2-3-5-7(6)12(8,9)10/h2-4H,1H3,(H,10,11)(H2,9,12,13);2-5H,1H3,(H2,8,9,10). The highest BCUT2D eigenvalue weighted by Crippen LogP contribution is 2.22. The number of carbonyl (C=O) groups is 1. The lowest BCUT2D eigenvalue weighted by atomic mass is 10.2. The van der Waals surface area contributed by atoms with Crippen molar-refractivity contribution in [3.63, 3.8) is 0 Å². The summed E-state index contributed by atoms with van der Waals surface area (Å²) in [6.07, 6.45) is 0. The summed E-state index contributed by atoms with van der Waals surface area (Å²) in [6, 6.07) is 9.57. The number of primary sulfonamides is 2. The molecule has 27 heavy (non-hydrogen) atoms. The second-order valence-corrected chi connectivity index (χ2v) is 8.00. The van der Waals surface area contributed by atoms with Gasteiger partial charge in [-0.1, -0.05) is 12.1 Å². The molecule has 0 bridgehead atoms. The average molecular weight is 418 g/mol. The highest BCUT2D eigenvalue weighted by atomic mass is 32.2. The number of para-hydroxylation sites is 1. The monoisotopic (exact) mass is 418 g/mol. The molecule has 0 aliphatic heterocycles. The van der Waals surface area contributed by atoms with Crippen LogP contribution in [0.15, 0.2) is 52.3 Å². The van der Waals surface area contributed by atoms with E-state index in [9.17, 15) is 21.6 Å². The van der Waals surface area contributed by atoms with Gasteiger partial charge in [0.25, 0.3) is 0 Å². The molecule has 0 heterocycles. The quantitative estimate of drug-likeness (QED) is 0.624. The van der Waals surface area contributed by atoms with E-state index in [0.717, 1.165) is 6.07 Å². The van der Waals surface area contributed by atoms with Gasteiger partial charge in [0, 0.05) is 0 Å². The summed E-state index contributed by atoms with van der Waals surface area (Å²) in [5, 5.41) is 18.6. The Kier molecular flexibility index (Phi) is 7.30. The van der Waals surface area contributed by atoms with Crippen molar-refractivity contribution < 1.29 is 36.2 Å². The van der Waals surface area contributed by atoms with Gasteiger partial charge in [-0.05, 0) is 30.3 Å². The zero-order valence-corrected chi connectivity index (χ0v) is 16.0. The molecule has 0 radical (unpaired) electrons. The van der Waals surface area contributed by atoms with E-state index < -0.39 is 26.0 Å². The lowest BCUT2D eigenvalue weighted by molar-refractivity contribution is 0.0693. The van der Waals surface area contributed by atoms with Crippen LogP contribution in [0.1, 0.15) is 10.4 Å². The first-order chi connectivity index (χ1) is 12.4. The molecule has 0 fully saturated rings. The van der Waals surface area contributed by atoms with Gasteiger partial charge in [0.05, 0.1) is 19.1 Å². The van der Waals surface area contributed by atoms with E-state index in [1.165, 1.54) is 32.4 Å². The molecule has 2 aromatic carbocycles. The molecular formula is C15H18N2O8S2. The van der Waals surface area contributed by atoms with Gasteiger partial charge in [-0.3, -0.25) is 0 Å². The normalized spacial score (nSPS) is 11.1. The van der Waals surface area contributed by atoms with Crippen molar-refractivity contribution in [3.05, 3.63) is 48.0 Å². The van der Waals surface area contributed by atoms with Crippen molar-refractivity contribution in [3.8, 4) is 11.5 Å². The summed E-state index contributed by atoms with van der Waals surface area (Å²) in [6.45, 7) is 0. The molecule has 0 amide bonds. The average Bonchev–Trinajstić information content (AvgIpc) is 2.60. The number of ether oxygens (including phenoxy) is 2. The third-order valence-electron chi connectivity index (χ3n) is 3.11. The van der Waals surface area contributed by atoms with Crippen LogP contribution in [0.3, 0.4) is 0 Å². The molecule has 2 rings (SSSR count). The molecule has 0 saturated heterocycles. The predicted molar refractivity (Wildman–Crippen MR) is 95.7 cm³/mol. The van der Waals surface area contributed by atoms with Crippen LogP contribution in [0.2, 0.25) is 0 Å². The first kappa shape index (κ1) is 22.4. The van der Waals surface area contributed by atoms with Gasteiger partial charge in [-0.2, -0.15) is 0 Å². The van der Waals surface area contributed by atoms with Crippen molar-refractivity contribution in [1.82, 2.24) is 0 Å². The summed E-state index contributed by atoms with van der Waals surface area (Å²) < 4.78 is 53.3. The molecule has 0 aliphatic carbocycles. The molecule has 0 unspecified atom stereocenters. The van der Waals surface area contributed by atoms with Crippen molar-refractivity contribution in [2.24, 2.45) is 10.3 Å². The fourth-order valence-electron chi connectivity index (χ4n) is 1.89. The molecular weight excluding hydrogens is 400 g/mol. The molecule has 5 N–H and O–H groups in total. The molecule has 0 spiro atoms. The maximum absolute atomic E-state index is 11.0. The van der Waals surface area contributed by atoms with Gasteiger partial charge in [0.2, 0.25) is 20.0 Å². The predicted octanol–water partition coefficient (Wildman–Crippen LogP) is 0.383. The van der Waals surface area contributed by atoms with Gasteiger partial charge in [0.15, 0.2) is 0 Å². The van der Waals surface area contributed by atoms with Crippen LogP contribution in [0.4, 0.5) is 0 Å².